The third-order valence-corrected chi connectivity index (χ3v) is 4.30. The van der Waals surface area contributed by atoms with Crippen molar-refractivity contribution in [1.29, 1.82) is 0 Å². The number of aryl methyl sites for hydroxylation is 1. The molecular formula is C19H17BrN2O. The normalized spacial score (nSPS) is 10.7. The van der Waals surface area contributed by atoms with Gasteiger partial charge in [0.15, 0.2) is 0 Å². The lowest BCUT2D eigenvalue weighted by atomic mass is 10.1. The first-order chi connectivity index (χ1) is 11.2. The lowest BCUT2D eigenvalue weighted by molar-refractivity contribution is 0.642. The van der Waals surface area contributed by atoms with Crippen LogP contribution in [-0.4, -0.2) is 9.78 Å². The fourth-order valence-electron chi connectivity index (χ4n) is 2.39. The summed E-state index contributed by atoms with van der Waals surface area (Å²) >= 11 is 3.42. The van der Waals surface area contributed by atoms with Gasteiger partial charge < -0.3 is 0 Å². The van der Waals surface area contributed by atoms with E-state index in [1.54, 1.807) is 12.1 Å². The molecule has 0 unspecified atom stereocenters. The van der Waals surface area contributed by atoms with Crippen molar-refractivity contribution in [3.8, 4) is 11.3 Å². The summed E-state index contributed by atoms with van der Waals surface area (Å²) in [6.45, 7) is 2.60. The summed E-state index contributed by atoms with van der Waals surface area (Å²) < 4.78 is 2.53. The maximum atomic E-state index is 12.1. The fraction of sp³-hybridized carbons (Fsp3) is 0.158. The Labute approximate surface area is 143 Å². The fourth-order valence-corrected chi connectivity index (χ4v) is 2.65. The van der Waals surface area contributed by atoms with E-state index < -0.39 is 0 Å². The minimum atomic E-state index is -0.0955. The first kappa shape index (κ1) is 15.7. The Morgan fingerprint density at radius 1 is 0.913 bits per heavy atom. The molecular weight excluding hydrogens is 352 g/mol. The van der Waals surface area contributed by atoms with Crippen molar-refractivity contribution >= 4 is 15.9 Å². The lowest BCUT2D eigenvalue weighted by Crippen LogP contribution is -2.22. The van der Waals surface area contributed by atoms with Gasteiger partial charge in [0.2, 0.25) is 0 Å². The predicted molar refractivity (Wildman–Crippen MR) is 96.6 cm³/mol. The molecule has 2 aromatic carbocycles. The molecule has 0 aliphatic carbocycles. The molecule has 0 aliphatic heterocycles. The van der Waals surface area contributed by atoms with Gasteiger partial charge in [-0.15, -0.1) is 0 Å². The van der Waals surface area contributed by atoms with Crippen LogP contribution < -0.4 is 5.56 Å². The highest BCUT2D eigenvalue weighted by Crippen LogP contribution is 2.17. The Morgan fingerprint density at radius 2 is 1.57 bits per heavy atom. The van der Waals surface area contributed by atoms with Crippen LogP contribution in [0.15, 0.2) is 69.9 Å². The Kier molecular flexibility index (Phi) is 4.72. The van der Waals surface area contributed by atoms with Crippen LogP contribution in [0.3, 0.4) is 0 Å². The van der Waals surface area contributed by atoms with Gasteiger partial charge in [-0.05, 0) is 35.7 Å². The van der Waals surface area contributed by atoms with Crippen LogP contribution >= 0.6 is 15.9 Å². The van der Waals surface area contributed by atoms with Gasteiger partial charge >= 0.3 is 0 Å². The molecule has 0 N–H and O–H groups in total. The average Bonchev–Trinajstić information content (AvgIpc) is 2.59. The van der Waals surface area contributed by atoms with Crippen molar-refractivity contribution in [1.82, 2.24) is 9.78 Å². The van der Waals surface area contributed by atoms with Crippen LogP contribution in [0, 0.1) is 0 Å². The minimum Gasteiger partial charge on any atom is -0.268 e. The summed E-state index contributed by atoms with van der Waals surface area (Å²) in [4.78, 5) is 12.1. The number of aromatic nitrogens is 2. The second-order valence-corrected chi connectivity index (χ2v) is 6.31. The molecule has 0 bridgehead atoms. The Morgan fingerprint density at radius 3 is 2.22 bits per heavy atom. The Balaban J connectivity index is 1.91. The molecule has 0 atom stereocenters. The number of rotatable bonds is 4. The van der Waals surface area contributed by atoms with Crippen LogP contribution in [0.2, 0.25) is 0 Å². The maximum absolute atomic E-state index is 12.1. The first-order valence-corrected chi connectivity index (χ1v) is 8.37. The number of nitrogens with zero attached hydrogens (tertiary/aromatic N) is 2. The molecule has 3 rings (SSSR count). The molecule has 0 spiro atoms. The molecule has 23 heavy (non-hydrogen) atoms. The van der Waals surface area contributed by atoms with Crippen molar-refractivity contribution in [2.45, 2.75) is 19.9 Å². The molecule has 0 radical (unpaired) electrons. The summed E-state index contributed by atoms with van der Waals surface area (Å²) in [6.07, 6.45) is 1.01. The van der Waals surface area contributed by atoms with Crippen LogP contribution in [0.1, 0.15) is 18.1 Å². The minimum absolute atomic E-state index is 0.0955. The predicted octanol–water partition coefficient (Wildman–Crippen LogP) is 4.28. The van der Waals surface area contributed by atoms with Gasteiger partial charge in [-0.1, -0.05) is 59.3 Å². The van der Waals surface area contributed by atoms with E-state index in [2.05, 4.69) is 52.2 Å². The van der Waals surface area contributed by atoms with Gasteiger partial charge in [0.25, 0.3) is 5.56 Å². The third kappa shape index (κ3) is 3.77. The first-order valence-electron chi connectivity index (χ1n) is 7.57. The molecule has 3 aromatic rings. The zero-order chi connectivity index (χ0) is 16.2. The molecule has 1 heterocycles. The van der Waals surface area contributed by atoms with E-state index in [0.717, 1.165) is 27.7 Å². The smallest absolute Gasteiger partial charge is 0.267 e. The van der Waals surface area contributed by atoms with Gasteiger partial charge in [-0.3, -0.25) is 4.79 Å². The summed E-state index contributed by atoms with van der Waals surface area (Å²) in [7, 11) is 0. The van der Waals surface area contributed by atoms with Gasteiger partial charge in [0.1, 0.15) is 0 Å². The second-order valence-electron chi connectivity index (χ2n) is 5.39. The van der Waals surface area contributed by atoms with Crippen LogP contribution in [0.4, 0.5) is 0 Å². The maximum Gasteiger partial charge on any atom is 0.267 e. The molecule has 1 aromatic heterocycles. The Hall–Kier alpha value is -2.20. The van der Waals surface area contributed by atoms with E-state index in [4.69, 9.17) is 0 Å². The number of hydrogen-bond donors (Lipinski definition) is 0. The molecule has 0 fully saturated rings. The highest BCUT2D eigenvalue weighted by Gasteiger charge is 2.04. The van der Waals surface area contributed by atoms with E-state index in [1.165, 1.54) is 10.2 Å². The van der Waals surface area contributed by atoms with Gasteiger partial charge in [0.05, 0.1) is 12.2 Å². The molecule has 0 aliphatic rings. The highest BCUT2D eigenvalue weighted by molar-refractivity contribution is 9.10. The van der Waals surface area contributed by atoms with Gasteiger partial charge in [-0.2, -0.15) is 5.10 Å². The second kappa shape index (κ2) is 6.92. The van der Waals surface area contributed by atoms with Gasteiger partial charge in [0, 0.05) is 16.1 Å². The topological polar surface area (TPSA) is 34.9 Å². The molecule has 4 heteroatoms. The largest absolute Gasteiger partial charge is 0.268 e. The van der Waals surface area contributed by atoms with E-state index in [9.17, 15) is 4.79 Å². The molecule has 116 valence electrons. The van der Waals surface area contributed by atoms with E-state index >= 15 is 0 Å². The van der Waals surface area contributed by atoms with Crippen molar-refractivity contribution < 1.29 is 0 Å². The molecule has 0 amide bonds. The SMILES string of the molecule is CCc1ccc(-c2ccc(=O)n(Cc3ccc(Br)cc3)n2)cc1. The van der Waals surface area contributed by atoms with Crippen LogP contribution in [0.5, 0.6) is 0 Å². The Bertz CT molecular complexity index is 852. The highest BCUT2D eigenvalue weighted by atomic mass is 79.9. The van der Waals surface area contributed by atoms with E-state index in [-0.39, 0.29) is 5.56 Å². The molecule has 0 saturated carbocycles. The van der Waals surface area contributed by atoms with Crippen LogP contribution in [-0.2, 0) is 13.0 Å². The van der Waals surface area contributed by atoms with E-state index in [0.29, 0.717) is 6.54 Å². The summed E-state index contributed by atoms with van der Waals surface area (Å²) in [6, 6.07) is 19.6. The van der Waals surface area contributed by atoms with Crippen molar-refractivity contribution in [3.63, 3.8) is 0 Å². The monoisotopic (exact) mass is 368 g/mol. The number of benzene rings is 2. The van der Waals surface area contributed by atoms with Crippen LogP contribution in [0.25, 0.3) is 11.3 Å². The zero-order valence-corrected chi connectivity index (χ0v) is 14.5. The summed E-state index contributed by atoms with van der Waals surface area (Å²) in [5, 5.41) is 4.51. The molecule has 0 saturated heterocycles. The van der Waals surface area contributed by atoms with Crippen molar-refractivity contribution in [2.75, 3.05) is 0 Å². The summed E-state index contributed by atoms with van der Waals surface area (Å²) in [5.74, 6) is 0. The van der Waals surface area contributed by atoms with Gasteiger partial charge in [-0.25, -0.2) is 4.68 Å². The zero-order valence-electron chi connectivity index (χ0n) is 12.9. The van der Waals surface area contributed by atoms with Crippen molar-refractivity contribution in [3.05, 3.63) is 86.6 Å². The quantitative estimate of drug-likeness (QED) is 0.688. The van der Waals surface area contributed by atoms with Crippen molar-refractivity contribution in [2.24, 2.45) is 0 Å². The lowest BCUT2D eigenvalue weighted by Gasteiger charge is -2.08. The number of hydrogen-bond acceptors (Lipinski definition) is 2. The third-order valence-electron chi connectivity index (χ3n) is 3.77. The summed E-state index contributed by atoms with van der Waals surface area (Å²) in [5.41, 5.74) is 4.07. The average molecular weight is 369 g/mol. The number of halogens is 1. The van der Waals surface area contributed by atoms with E-state index in [1.807, 2.05) is 24.3 Å². The molecule has 3 nitrogen and oxygen atoms in total. The standard InChI is InChI=1S/C19H17BrN2O/c1-2-14-3-7-16(8-4-14)18-11-12-19(23)22(21-18)13-15-5-9-17(20)10-6-15/h3-12H,2,13H2,1H3.